The van der Waals surface area contributed by atoms with Crippen molar-refractivity contribution in [2.75, 3.05) is 43.5 Å². The molecule has 0 bridgehead atoms. The van der Waals surface area contributed by atoms with Crippen molar-refractivity contribution in [2.45, 2.75) is 19.8 Å². The van der Waals surface area contributed by atoms with E-state index in [-0.39, 0.29) is 29.8 Å². The first-order valence-electron chi connectivity index (χ1n) is 13.9. The van der Waals surface area contributed by atoms with Crippen LogP contribution in [-0.2, 0) is 19.1 Å². The molecule has 2 aliphatic rings. The summed E-state index contributed by atoms with van der Waals surface area (Å²) in [7, 11) is 0. The molecule has 228 valence electrons. The first-order valence-corrected chi connectivity index (χ1v) is 13.9. The van der Waals surface area contributed by atoms with E-state index in [1.807, 2.05) is 0 Å². The molecule has 12 nitrogen and oxygen atoms in total. The zero-order valence-corrected chi connectivity index (χ0v) is 23.6. The van der Waals surface area contributed by atoms with Crippen molar-refractivity contribution in [3.63, 3.8) is 0 Å². The maximum atomic E-state index is 15.2. The number of carbonyl (C=O) groups is 3. The fourth-order valence-electron chi connectivity index (χ4n) is 4.85. The van der Waals surface area contributed by atoms with Gasteiger partial charge in [0, 0.05) is 36.1 Å². The zero-order valence-electron chi connectivity index (χ0n) is 23.6. The number of hydrogen-bond acceptors (Lipinski definition) is 8. The summed E-state index contributed by atoms with van der Waals surface area (Å²) in [5.74, 6) is -2.21. The molecule has 3 amide bonds. The Morgan fingerprint density at radius 2 is 1.66 bits per heavy atom. The van der Waals surface area contributed by atoms with Gasteiger partial charge in [-0.3, -0.25) is 14.4 Å². The Kier molecular flexibility index (Phi) is 7.82. The summed E-state index contributed by atoms with van der Waals surface area (Å²) in [6.07, 6.45) is 3.47. The van der Waals surface area contributed by atoms with Crippen molar-refractivity contribution in [1.82, 2.24) is 19.5 Å². The van der Waals surface area contributed by atoms with Crippen LogP contribution in [-0.4, -0.2) is 70.1 Å². The van der Waals surface area contributed by atoms with Gasteiger partial charge in [0.05, 0.1) is 19.4 Å². The average Bonchev–Trinajstić information content (AvgIpc) is 3.78. The van der Waals surface area contributed by atoms with Gasteiger partial charge in [0.2, 0.25) is 17.7 Å². The highest BCUT2D eigenvalue weighted by molar-refractivity contribution is 6.16. The molecule has 2 fully saturated rings. The van der Waals surface area contributed by atoms with Crippen LogP contribution in [0.15, 0.2) is 55.0 Å². The molecule has 4 aromatic rings. The number of aryl methyl sites for hydroxylation is 1. The number of amides is 3. The highest BCUT2D eigenvalue weighted by Gasteiger charge is 2.56. The van der Waals surface area contributed by atoms with Crippen molar-refractivity contribution in [2.24, 2.45) is 5.41 Å². The number of aromatic nitrogens is 3. The van der Waals surface area contributed by atoms with Gasteiger partial charge in [-0.2, -0.15) is 10.1 Å². The maximum Gasteiger partial charge on any atom is 0.260 e. The molecule has 14 heteroatoms. The van der Waals surface area contributed by atoms with E-state index < -0.39 is 28.9 Å². The lowest BCUT2D eigenvalue weighted by Gasteiger charge is -2.26. The molecule has 0 radical (unpaired) electrons. The van der Waals surface area contributed by atoms with Gasteiger partial charge in [-0.15, -0.1) is 0 Å². The number of nitrogens with one attached hydrogen (secondary N) is 2. The molecule has 44 heavy (non-hydrogen) atoms. The molecule has 1 aliphatic carbocycles. The number of ether oxygens (including phenoxy) is 3. The minimum absolute atomic E-state index is 0.0527. The average molecular weight is 607 g/mol. The summed E-state index contributed by atoms with van der Waals surface area (Å²) in [6, 6.07) is 9.06. The van der Waals surface area contributed by atoms with Gasteiger partial charge in [-0.25, -0.2) is 13.3 Å². The number of morpholine rings is 1. The third-order valence-electron chi connectivity index (χ3n) is 7.58. The van der Waals surface area contributed by atoms with Gasteiger partial charge < -0.3 is 29.7 Å². The predicted molar refractivity (Wildman–Crippen MR) is 152 cm³/mol. The number of carbonyl (C=O) groups excluding carboxylic acids is 3. The minimum atomic E-state index is -1.30. The van der Waals surface area contributed by atoms with Crippen molar-refractivity contribution < 1.29 is 37.4 Å². The van der Waals surface area contributed by atoms with Crippen LogP contribution < -0.4 is 20.1 Å². The van der Waals surface area contributed by atoms with Crippen LogP contribution in [0.2, 0.25) is 0 Å². The van der Waals surface area contributed by atoms with Crippen LogP contribution in [0.25, 0.3) is 5.52 Å². The first kappa shape index (κ1) is 29.0. The van der Waals surface area contributed by atoms with E-state index in [2.05, 4.69) is 20.7 Å². The summed E-state index contributed by atoms with van der Waals surface area (Å²) in [5.41, 5.74) is 0.202. The number of nitrogens with zero attached hydrogens (tertiary/aromatic N) is 4. The minimum Gasteiger partial charge on any atom is -0.482 e. The molecule has 1 saturated carbocycles. The molecule has 6 rings (SSSR count). The fraction of sp³-hybridized carbons (Fsp3) is 0.300. The van der Waals surface area contributed by atoms with E-state index in [0.717, 1.165) is 6.07 Å². The number of fused-ring (bicyclic) bond motifs is 1. The lowest BCUT2D eigenvalue weighted by Crippen LogP contribution is -2.42. The molecular weight excluding hydrogens is 578 g/mol. The number of halogens is 2. The van der Waals surface area contributed by atoms with Crippen LogP contribution >= 0.6 is 0 Å². The second-order valence-electron chi connectivity index (χ2n) is 10.5. The predicted octanol–water partition coefficient (Wildman–Crippen LogP) is 3.70. The summed E-state index contributed by atoms with van der Waals surface area (Å²) >= 11 is 0. The van der Waals surface area contributed by atoms with Gasteiger partial charge in [-0.05, 0) is 56.2 Å². The molecule has 1 saturated heterocycles. The van der Waals surface area contributed by atoms with E-state index in [1.54, 1.807) is 18.0 Å². The van der Waals surface area contributed by atoms with Crippen molar-refractivity contribution in [1.29, 1.82) is 0 Å². The van der Waals surface area contributed by atoms with Crippen LogP contribution in [0.1, 0.15) is 18.4 Å². The van der Waals surface area contributed by atoms with Gasteiger partial charge in [0.25, 0.3) is 5.91 Å². The topological polar surface area (TPSA) is 136 Å². The largest absolute Gasteiger partial charge is 0.482 e. The third-order valence-corrected chi connectivity index (χ3v) is 7.58. The van der Waals surface area contributed by atoms with E-state index in [9.17, 15) is 18.8 Å². The van der Waals surface area contributed by atoms with Crippen molar-refractivity contribution in [3.05, 3.63) is 72.2 Å². The summed E-state index contributed by atoms with van der Waals surface area (Å²) < 4.78 is 46.6. The monoisotopic (exact) mass is 606 g/mol. The number of anilines is 2. The Morgan fingerprint density at radius 1 is 0.977 bits per heavy atom. The normalized spacial score (nSPS) is 15.5. The highest BCUT2D eigenvalue weighted by atomic mass is 19.1. The third kappa shape index (κ3) is 5.88. The Hall–Kier alpha value is -5.11. The second-order valence-corrected chi connectivity index (χ2v) is 10.5. The van der Waals surface area contributed by atoms with Gasteiger partial charge >= 0.3 is 0 Å². The van der Waals surface area contributed by atoms with E-state index in [0.29, 0.717) is 61.7 Å². The fourth-order valence-corrected chi connectivity index (χ4v) is 4.85. The van der Waals surface area contributed by atoms with Crippen LogP contribution in [0, 0.1) is 24.0 Å². The zero-order chi connectivity index (χ0) is 30.8. The maximum absolute atomic E-state index is 15.2. The second kappa shape index (κ2) is 11.9. The highest BCUT2D eigenvalue weighted by Crippen LogP contribution is 2.47. The van der Waals surface area contributed by atoms with E-state index >= 15 is 4.39 Å². The van der Waals surface area contributed by atoms with E-state index in [4.69, 9.17) is 14.2 Å². The molecule has 2 aromatic carbocycles. The Morgan fingerprint density at radius 3 is 2.34 bits per heavy atom. The summed E-state index contributed by atoms with van der Waals surface area (Å²) in [6.45, 7) is 3.55. The van der Waals surface area contributed by atoms with Gasteiger partial charge in [0.1, 0.15) is 28.8 Å². The van der Waals surface area contributed by atoms with Crippen LogP contribution in [0.3, 0.4) is 0 Å². The Bertz CT molecular complexity index is 1730. The summed E-state index contributed by atoms with van der Waals surface area (Å²) in [5, 5.41) is 9.40. The van der Waals surface area contributed by atoms with Crippen LogP contribution in [0.4, 0.5) is 20.2 Å². The smallest absolute Gasteiger partial charge is 0.260 e. The van der Waals surface area contributed by atoms with Crippen LogP contribution in [0.5, 0.6) is 17.4 Å². The molecule has 0 unspecified atom stereocenters. The number of rotatable bonds is 9. The molecule has 3 heterocycles. The number of benzene rings is 2. The molecule has 0 atom stereocenters. The van der Waals surface area contributed by atoms with Crippen molar-refractivity contribution in [3.8, 4) is 17.4 Å². The van der Waals surface area contributed by atoms with Gasteiger partial charge in [0.15, 0.2) is 18.2 Å². The molecule has 1 aliphatic heterocycles. The Labute approximate surface area is 249 Å². The lowest BCUT2D eigenvalue weighted by atomic mass is 10.0. The van der Waals surface area contributed by atoms with Crippen molar-refractivity contribution >= 4 is 34.6 Å². The molecule has 2 aromatic heterocycles. The number of hydrogen-bond donors (Lipinski definition) is 2. The lowest BCUT2D eigenvalue weighted by molar-refractivity contribution is -0.137. The standard InChI is InChI=1S/C30H28F2N6O6/c1-18-24(43-16-25(39)37-10-12-42-13-11-37)15-38-26(18)27(33-17-34-38)44-23-7-6-21(14-22(23)32)36-29(41)30(8-9-30)28(40)35-20-4-2-19(31)3-5-20/h2-7,14-15,17H,8-13,16H2,1H3,(H,35,40)(H,36,41). The molecule has 2 N–H and O–H groups in total. The molecule has 0 spiro atoms. The Balaban J connectivity index is 1.12. The first-order chi connectivity index (χ1) is 21.2. The van der Waals surface area contributed by atoms with E-state index in [1.165, 1.54) is 47.2 Å². The quantitative estimate of drug-likeness (QED) is 0.275. The SMILES string of the molecule is Cc1c(OCC(=O)N2CCOCC2)cn2ncnc(Oc3ccc(NC(=O)C4(C(=O)Nc5ccc(F)cc5)CC4)cc3F)c12. The van der Waals surface area contributed by atoms with Gasteiger partial charge in [-0.1, -0.05) is 0 Å². The molecular formula is C30H28F2N6O6. The summed E-state index contributed by atoms with van der Waals surface area (Å²) in [4.78, 5) is 44.1.